The van der Waals surface area contributed by atoms with Crippen molar-refractivity contribution in [1.29, 1.82) is 5.26 Å². The molecule has 1 unspecified atom stereocenters. The fraction of sp³-hybridized carbons (Fsp3) is 0.278. The van der Waals surface area contributed by atoms with Crippen LogP contribution in [0.15, 0.2) is 39.2 Å². The topological polar surface area (TPSA) is 89.5 Å². The molecule has 0 aliphatic heterocycles. The summed E-state index contributed by atoms with van der Waals surface area (Å²) in [6, 6.07) is 6.98. The van der Waals surface area contributed by atoms with Crippen LogP contribution in [-0.4, -0.2) is 25.8 Å². The lowest BCUT2D eigenvalue weighted by molar-refractivity contribution is -0.145. The van der Waals surface area contributed by atoms with Gasteiger partial charge in [0, 0.05) is 7.11 Å². The summed E-state index contributed by atoms with van der Waals surface area (Å²) in [5, 5.41) is 9.56. The quantitative estimate of drug-likeness (QED) is 0.476. The van der Waals surface area contributed by atoms with Crippen molar-refractivity contribution in [2.24, 2.45) is 0 Å². The van der Waals surface area contributed by atoms with Crippen molar-refractivity contribution in [2.45, 2.75) is 20.0 Å². The summed E-state index contributed by atoms with van der Waals surface area (Å²) < 4.78 is 15.3. The molecule has 2 aromatic rings. The summed E-state index contributed by atoms with van der Waals surface area (Å²) in [6.45, 7) is 3.71. The molecule has 0 aliphatic carbocycles. The van der Waals surface area contributed by atoms with Gasteiger partial charge in [0.1, 0.15) is 29.6 Å². The maximum atomic E-state index is 12.5. The van der Waals surface area contributed by atoms with E-state index in [1.54, 1.807) is 25.1 Å². The van der Waals surface area contributed by atoms with E-state index in [-0.39, 0.29) is 23.2 Å². The van der Waals surface area contributed by atoms with Crippen molar-refractivity contribution in [1.82, 2.24) is 0 Å². The average Bonchev–Trinajstić information content (AvgIpc) is 2.55. The van der Waals surface area contributed by atoms with Gasteiger partial charge in [-0.15, -0.1) is 0 Å². The minimum absolute atomic E-state index is 0.112. The first-order valence-corrected chi connectivity index (χ1v) is 7.30. The third-order valence-electron chi connectivity index (χ3n) is 3.30. The molecule has 6 nitrogen and oxygen atoms in total. The second-order valence-corrected chi connectivity index (χ2v) is 5.36. The first-order valence-electron chi connectivity index (χ1n) is 7.30. The Labute approximate surface area is 138 Å². The molecule has 1 atom stereocenters. The second kappa shape index (κ2) is 7.57. The number of ether oxygens (including phenoxy) is 2. The number of fused-ring (bicyclic) bond motifs is 1. The van der Waals surface area contributed by atoms with Crippen molar-refractivity contribution < 1.29 is 18.7 Å². The van der Waals surface area contributed by atoms with E-state index in [4.69, 9.17) is 19.2 Å². The van der Waals surface area contributed by atoms with Gasteiger partial charge in [-0.3, -0.25) is 4.79 Å². The standard InChI is InChI=1S/C18H17NO5/c1-11-4-5-16-15(6-11)17(20)14(10-23-16)7-13(8-19)18(21)24-12(2)9-22-3/h4-7,10,12H,9H2,1-3H3. The van der Waals surface area contributed by atoms with Crippen LogP contribution in [0.25, 0.3) is 17.0 Å². The molecule has 0 saturated carbocycles. The van der Waals surface area contributed by atoms with E-state index in [9.17, 15) is 9.59 Å². The Morgan fingerprint density at radius 1 is 1.46 bits per heavy atom. The zero-order valence-corrected chi connectivity index (χ0v) is 13.7. The number of methoxy groups -OCH3 is 1. The predicted molar refractivity (Wildman–Crippen MR) is 88.2 cm³/mol. The molecule has 0 aliphatic rings. The molecule has 1 aromatic carbocycles. The van der Waals surface area contributed by atoms with Crippen molar-refractivity contribution in [2.75, 3.05) is 13.7 Å². The molecule has 0 fully saturated rings. The lowest BCUT2D eigenvalue weighted by atomic mass is 10.1. The number of nitriles is 1. The SMILES string of the molecule is COCC(C)OC(=O)C(C#N)=Cc1coc2ccc(C)cc2c1=O. The van der Waals surface area contributed by atoms with Crippen LogP contribution in [0.2, 0.25) is 0 Å². The first-order chi connectivity index (χ1) is 11.5. The molecule has 1 heterocycles. The zero-order valence-electron chi connectivity index (χ0n) is 13.7. The van der Waals surface area contributed by atoms with E-state index in [1.807, 2.05) is 13.0 Å². The highest BCUT2D eigenvalue weighted by molar-refractivity contribution is 5.98. The lowest BCUT2D eigenvalue weighted by Crippen LogP contribution is -2.20. The van der Waals surface area contributed by atoms with Gasteiger partial charge < -0.3 is 13.9 Å². The van der Waals surface area contributed by atoms with Gasteiger partial charge in [-0.1, -0.05) is 11.6 Å². The molecule has 2 rings (SSSR count). The molecule has 0 bridgehead atoms. The number of hydrogen-bond donors (Lipinski definition) is 0. The summed E-state index contributed by atoms with van der Waals surface area (Å²) in [5.41, 5.74) is 0.866. The summed E-state index contributed by atoms with van der Waals surface area (Å²) >= 11 is 0. The number of benzene rings is 1. The zero-order chi connectivity index (χ0) is 17.7. The number of carbonyl (C=O) groups excluding carboxylic acids is 1. The summed E-state index contributed by atoms with van der Waals surface area (Å²) in [7, 11) is 1.48. The molecule has 24 heavy (non-hydrogen) atoms. The predicted octanol–water partition coefficient (Wildman–Crippen LogP) is 2.59. The Morgan fingerprint density at radius 3 is 2.88 bits per heavy atom. The van der Waals surface area contributed by atoms with Gasteiger partial charge in [-0.25, -0.2) is 4.79 Å². The van der Waals surface area contributed by atoms with Crippen LogP contribution >= 0.6 is 0 Å². The highest BCUT2D eigenvalue weighted by atomic mass is 16.6. The molecule has 0 amide bonds. The highest BCUT2D eigenvalue weighted by Crippen LogP contribution is 2.15. The van der Waals surface area contributed by atoms with Gasteiger partial charge in [0.15, 0.2) is 5.43 Å². The van der Waals surface area contributed by atoms with Crippen LogP contribution in [0.5, 0.6) is 0 Å². The van der Waals surface area contributed by atoms with E-state index < -0.39 is 12.1 Å². The summed E-state index contributed by atoms with van der Waals surface area (Å²) in [5.74, 6) is -0.814. The molecule has 0 spiro atoms. The Kier molecular flexibility index (Phi) is 5.51. The first kappa shape index (κ1) is 17.4. The van der Waals surface area contributed by atoms with Crippen molar-refractivity contribution in [3.05, 3.63) is 51.4 Å². The van der Waals surface area contributed by atoms with E-state index >= 15 is 0 Å². The van der Waals surface area contributed by atoms with Gasteiger partial charge in [0.05, 0.1) is 17.6 Å². The van der Waals surface area contributed by atoms with E-state index in [2.05, 4.69) is 0 Å². The molecular weight excluding hydrogens is 310 g/mol. The highest BCUT2D eigenvalue weighted by Gasteiger charge is 2.16. The van der Waals surface area contributed by atoms with Crippen LogP contribution in [0.3, 0.4) is 0 Å². The number of aryl methyl sites for hydroxylation is 1. The number of hydrogen-bond acceptors (Lipinski definition) is 6. The largest absolute Gasteiger partial charge is 0.463 e. The number of nitrogens with zero attached hydrogens (tertiary/aromatic N) is 1. The van der Waals surface area contributed by atoms with Gasteiger partial charge in [-0.05, 0) is 32.1 Å². The molecule has 124 valence electrons. The van der Waals surface area contributed by atoms with Crippen molar-refractivity contribution in [3.8, 4) is 6.07 Å². The summed E-state index contributed by atoms with van der Waals surface area (Å²) in [4.78, 5) is 24.5. The average molecular weight is 327 g/mol. The van der Waals surface area contributed by atoms with Crippen LogP contribution in [0.1, 0.15) is 18.1 Å². The number of esters is 1. The minimum atomic E-state index is -0.814. The molecule has 0 N–H and O–H groups in total. The fourth-order valence-corrected chi connectivity index (χ4v) is 2.17. The second-order valence-electron chi connectivity index (χ2n) is 5.36. The van der Waals surface area contributed by atoms with E-state index in [0.717, 1.165) is 5.56 Å². The maximum Gasteiger partial charge on any atom is 0.349 e. The molecule has 0 saturated heterocycles. The normalized spacial score (nSPS) is 12.7. The molecule has 6 heteroatoms. The third-order valence-corrected chi connectivity index (χ3v) is 3.30. The van der Waals surface area contributed by atoms with Crippen LogP contribution < -0.4 is 5.43 Å². The Hall–Kier alpha value is -2.91. The number of carbonyl (C=O) groups is 1. The lowest BCUT2D eigenvalue weighted by Gasteiger charge is -2.11. The molecule has 1 aromatic heterocycles. The monoisotopic (exact) mass is 327 g/mol. The maximum absolute atomic E-state index is 12.5. The van der Waals surface area contributed by atoms with Crippen molar-refractivity contribution >= 4 is 23.0 Å². The van der Waals surface area contributed by atoms with Gasteiger partial charge in [0.2, 0.25) is 0 Å². The van der Waals surface area contributed by atoms with Gasteiger partial charge >= 0.3 is 5.97 Å². The van der Waals surface area contributed by atoms with Gasteiger partial charge in [-0.2, -0.15) is 5.26 Å². The molecule has 0 radical (unpaired) electrons. The summed E-state index contributed by atoms with van der Waals surface area (Å²) in [6.07, 6.45) is 1.90. The van der Waals surface area contributed by atoms with Crippen LogP contribution in [0, 0.1) is 18.3 Å². The Morgan fingerprint density at radius 2 is 2.21 bits per heavy atom. The van der Waals surface area contributed by atoms with Crippen molar-refractivity contribution in [3.63, 3.8) is 0 Å². The Bertz CT molecular complexity index is 888. The minimum Gasteiger partial charge on any atom is -0.463 e. The van der Waals surface area contributed by atoms with Gasteiger partial charge in [0.25, 0.3) is 0 Å². The number of rotatable bonds is 5. The molecular formula is C18H17NO5. The van der Waals surface area contributed by atoms with Crippen LogP contribution in [-0.2, 0) is 14.3 Å². The van der Waals surface area contributed by atoms with Crippen LogP contribution in [0.4, 0.5) is 0 Å². The third kappa shape index (κ3) is 3.89. The van der Waals surface area contributed by atoms with E-state index in [1.165, 1.54) is 19.4 Å². The Balaban J connectivity index is 2.39. The fourth-order valence-electron chi connectivity index (χ4n) is 2.17. The van der Waals surface area contributed by atoms with E-state index in [0.29, 0.717) is 11.0 Å². The smallest absolute Gasteiger partial charge is 0.349 e.